The van der Waals surface area contributed by atoms with Crippen molar-refractivity contribution in [2.24, 2.45) is 0 Å². The first-order valence-corrected chi connectivity index (χ1v) is 6.27. The molecule has 0 saturated heterocycles. The Bertz CT molecular complexity index is 377. The van der Waals surface area contributed by atoms with Crippen LogP contribution < -0.4 is 10.1 Å². The molecule has 94 valence electrons. The molecule has 1 aliphatic carbocycles. The van der Waals surface area contributed by atoms with Crippen molar-refractivity contribution in [3.05, 3.63) is 29.3 Å². The van der Waals surface area contributed by atoms with Crippen molar-refractivity contribution in [2.75, 3.05) is 13.2 Å². The minimum atomic E-state index is -0.856. The Hall–Kier alpha value is -0.770. The quantitative estimate of drug-likeness (QED) is 0.819. The number of benzene rings is 1. The summed E-state index contributed by atoms with van der Waals surface area (Å²) >= 11 is 5.85. The number of ether oxygens (including phenoxy) is 1. The van der Waals surface area contributed by atoms with E-state index in [1.165, 1.54) is 12.8 Å². The van der Waals surface area contributed by atoms with E-state index in [0.717, 1.165) is 0 Å². The van der Waals surface area contributed by atoms with Crippen LogP contribution in [-0.2, 0) is 0 Å². The molecule has 1 aliphatic rings. The highest BCUT2D eigenvalue weighted by Gasteiger charge is 2.27. The highest BCUT2D eigenvalue weighted by molar-refractivity contribution is 6.30. The molecule has 1 aromatic carbocycles. The van der Waals surface area contributed by atoms with Crippen LogP contribution in [0.4, 0.5) is 0 Å². The Morgan fingerprint density at radius 2 is 2.29 bits per heavy atom. The third-order valence-electron chi connectivity index (χ3n) is 2.69. The van der Waals surface area contributed by atoms with Crippen LogP contribution in [0.2, 0.25) is 5.02 Å². The first kappa shape index (κ1) is 12.7. The molecule has 3 nitrogen and oxygen atoms in total. The maximum atomic E-state index is 10.1. The van der Waals surface area contributed by atoms with Crippen molar-refractivity contribution in [2.45, 2.75) is 31.4 Å². The molecular formula is C13H18ClNO2. The number of aliphatic hydroxyl groups is 1. The molecule has 4 heteroatoms. The molecule has 1 fully saturated rings. The predicted molar refractivity (Wildman–Crippen MR) is 68.6 cm³/mol. The van der Waals surface area contributed by atoms with Crippen molar-refractivity contribution in [1.82, 2.24) is 5.32 Å². The van der Waals surface area contributed by atoms with E-state index >= 15 is 0 Å². The average Bonchev–Trinajstić information content (AvgIpc) is 3.08. The van der Waals surface area contributed by atoms with Crippen LogP contribution in [0.1, 0.15) is 19.8 Å². The molecule has 1 saturated carbocycles. The SMILES string of the molecule is CC(O)(CNC1CC1)COc1cccc(Cl)c1. The van der Waals surface area contributed by atoms with Gasteiger partial charge in [0.2, 0.25) is 0 Å². The highest BCUT2D eigenvalue weighted by Crippen LogP contribution is 2.20. The summed E-state index contributed by atoms with van der Waals surface area (Å²) in [5, 5.41) is 14.0. The van der Waals surface area contributed by atoms with Crippen LogP contribution in [0.25, 0.3) is 0 Å². The topological polar surface area (TPSA) is 41.5 Å². The van der Waals surface area contributed by atoms with Gasteiger partial charge in [0.1, 0.15) is 18.0 Å². The van der Waals surface area contributed by atoms with Gasteiger partial charge in [0.15, 0.2) is 0 Å². The van der Waals surface area contributed by atoms with Crippen LogP contribution >= 0.6 is 11.6 Å². The molecule has 17 heavy (non-hydrogen) atoms. The van der Waals surface area contributed by atoms with E-state index < -0.39 is 5.60 Å². The molecule has 0 amide bonds. The maximum absolute atomic E-state index is 10.1. The third-order valence-corrected chi connectivity index (χ3v) is 2.93. The molecule has 2 rings (SSSR count). The Morgan fingerprint density at radius 3 is 2.94 bits per heavy atom. The summed E-state index contributed by atoms with van der Waals surface area (Å²) in [6.45, 7) is 2.58. The number of halogens is 1. The minimum Gasteiger partial charge on any atom is -0.491 e. The van der Waals surface area contributed by atoms with E-state index in [9.17, 15) is 5.11 Å². The predicted octanol–water partition coefficient (Wildman–Crippen LogP) is 2.22. The van der Waals surface area contributed by atoms with Crippen molar-refractivity contribution in [3.63, 3.8) is 0 Å². The first-order valence-electron chi connectivity index (χ1n) is 5.89. The zero-order chi connectivity index (χ0) is 12.3. The Labute approximate surface area is 107 Å². The van der Waals surface area contributed by atoms with Crippen LogP contribution in [0.3, 0.4) is 0 Å². The Kier molecular flexibility index (Phi) is 3.92. The van der Waals surface area contributed by atoms with Gasteiger partial charge in [-0.2, -0.15) is 0 Å². The van der Waals surface area contributed by atoms with Gasteiger partial charge in [-0.3, -0.25) is 0 Å². The second-order valence-corrected chi connectivity index (χ2v) is 5.33. The third kappa shape index (κ3) is 4.54. The smallest absolute Gasteiger partial charge is 0.120 e. The molecule has 0 spiro atoms. The largest absolute Gasteiger partial charge is 0.491 e. The van der Waals surface area contributed by atoms with Gasteiger partial charge in [-0.1, -0.05) is 17.7 Å². The molecular weight excluding hydrogens is 238 g/mol. The number of hydrogen-bond acceptors (Lipinski definition) is 3. The van der Waals surface area contributed by atoms with E-state index in [-0.39, 0.29) is 6.61 Å². The monoisotopic (exact) mass is 255 g/mol. The fourth-order valence-electron chi connectivity index (χ4n) is 1.50. The van der Waals surface area contributed by atoms with Crippen molar-refractivity contribution in [1.29, 1.82) is 0 Å². The highest BCUT2D eigenvalue weighted by atomic mass is 35.5. The lowest BCUT2D eigenvalue weighted by molar-refractivity contribution is 0.0120. The normalized spacial score (nSPS) is 18.8. The second kappa shape index (κ2) is 5.25. The van der Waals surface area contributed by atoms with Gasteiger partial charge < -0.3 is 15.2 Å². The number of rotatable bonds is 6. The van der Waals surface area contributed by atoms with Crippen LogP contribution in [0.5, 0.6) is 5.75 Å². The summed E-state index contributed by atoms with van der Waals surface area (Å²) in [5.74, 6) is 0.684. The van der Waals surface area contributed by atoms with Crippen molar-refractivity contribution >= 4 is 11.6 Å². The molecule has 0 heterocycles. The van der Waals surface area contributed by atoms with E-state index in [4.69, 9.17) is 16.3 Å². The van der Waals surface area contributed by atoms with E-state index in [1.54, 1.807) is 19.1 Å². The zero-order valence-corrected chi connectivity index (χ0v) is 10.7. The van der Waals surface area contributed by atoms with Gasteiger partial charge >= 0.3 is 0 Å². The second-order valence-electron chi connectivity index (χ2n) is 4.90. The molecule has 1 unspecified atom stereocenters. The maximum Gasteiger partial charge on any atom is 0.120 e. The molecule has 0 aliphatic heterocycles. The lowest BCUT2D eigenvalue weighted by atomic mass is 10.1. The van der Waals surface area contributed by atoms with Crippen LogP contribution in [0, 0.1) is 0 Å². The average molecular weight is 256 g/mol. The Balaban J connectivity index is 1.78. The minimum absolute atomic E-state index is 0.257. The molecule has 1 atom stereocenters. The standard InChI is InChI=1S/C13H18ClNO2/c1-13(16,8-15-11-5-6-11)9-17-12-4-2-3-10(14)7-12/h2-4,7,11,15-16H,5-6,8-9H2,1H3. The number of hydrogen-bond donors (Lipinski definition) is 2. The Morgan fingerprint density at radius 1 is 1.53 bits per heavy atom. The van der Waals surface area contributed by atoms with Gasteiger partial charge in [-0.05, 0) is 38.0 Å². The van der Waals surface area contributed by atoms with Crippen LogP contribution in [-0.4, -0.2) is 29.9 Å². The number of nitrogens with one attached hydrogen (secondary N) is 1. The van der Waals surface area contributed by atoms with Crippen molar-refractivity contribution < 1.29 is 9.84 Å². The summed E-state index contributed by atoms with van der Waals surface area (Å²) in [7, 11) is 0. The van der Waals surface area contributed by atoms with Gasteiger partial charge in [0, 0.05) is 17.6 Å². The molecule has 0 bridgehead atoms. The molecule has 2 N–H and O–H groups in total. The van der Waals surface area contributed by atoms with E-state index in [0.29, 0.717) is 23.4 Å². The fraction of sp³-hybridized carbons (Fsp3) is 0.538. The molecule has 0 aromatic heterocycles. The summed E-state index contributed by atoms with van der Waals surface area (Å²) in [6, 6.07) is 7.78. The van der Waals surface area contributed by atoms with E-state index in [2.05, 4.69) is 5.32 Å². The summed E-state index contributed by atoms with van der Waals surface area (Å²) in [5.41, 5.74) is -0.856. The van der Waals surface area contributed by atoms with Gasteiger partial charge in [-0.15, -0.1) is 0 Å². The van der Waals surface area contributed by atoms with E-state index in [1.807, 2.05) is 12.1 Å². The zero-order valence-electron chi connectivity index (χ0n) is 9.95. The summed E-state index contributed by atoms with van der Waals surface area (Å²) in [4.78, 5) is 0. The summed E-state index contributed by atoms with van der Waals surface area (Å²) in [6.07, 6.45) is 2.43. The first-order chi connectivity index (χ1) is 8.05. The molecule has 0 radical (unpaired) electrons. The summed E-state index contributed by atoms with van der Waals surface area (Å²) < 4.78 is 5.53. The lowest BCUT2D eigenvalue weighted by Gasteiger charge is -2.24. The fourth-order valence-corrected chi connectivity index (χ4v) is 1.68. The lowest BCUT2D eigenvalue weighted by Crippen LogP contribution is -2.43. The van der Waals surface area contributed by atoms with Gasteiger partial charge in [0.05, 0.1) is 0 Å². The van der Waals surface area contributed by atoms with Crippen LogP contribution in [0.15, 0.2) is 24.3 Å². The van der Waals surface area contributed by atoms with Crippen molar-refractivity contribution in [3.8, 4) is 5.75 Å². The van der Waals surface area contributed by atoms with Gasteiger partial charge in [-0.25, -0.2) is 0 Å². The molecule has 1 aromatic rings. The van der Waals surface area contributed by atoms with Gasteiger partial charge in [0.25, 0.3) is 0 Å².